The molecule has 0 atom stereocenters. The monoisotopic (exact) mass is 593 g/mol. The number of Topliss-reactive ketones (excluding diaryl/α,β-unsaturated/α-hetero) is 2. The molecule has 0 amide bonds. The Morgan fingerprint density at radius 3 is 1.62 bits per heavy atom. The van der Waals surface area contributed by atoms with E-state index in [0.717, 1.165) is 33.8 Å². The lowest BCUT2D eigenvalue weighted by molar-refractivity contribution is 0.0990. The fourth-order valence-electron chi connectivity index (χ4n) is 6.45. The molecule has 1 aliphatic carbocycles. The first-order valence-electron chi connectivity index (χ1n) is 14.4. The van der Waals surface area contributed by atoms with Gasteiger partial charge in [-0.05, 0) is 82.1 Å². The molecule has 0 fully saturated rings. The number of hydrogen-bond acceptors (Lipinski definition) is 3. The molecule has 6 rings (SSSR count). The Morgan fingerprint density at radius 1 is 0.667 bits per heavy atom. The third-order valence-corrected chi connectivity index (χ3v) is 9.41. The molecule has 0 unspecified atom stereocenters. The van der Waals surface area contributed by atoms with E-state index in [1.54, 1.807) is 6.08 Å². The molecule has 2 aliphatic rings. The third-order valence-electron chi connectivity index (χ3n) is 8.69. The fourth-order valence-corrected chi connectivity index (χ4v) is 6.78. The molecule has 0 spiro atoms. The number of ketones is 2. The highest BCUT2D eigenvalue weighted by molar-refractivity contribution is 6.46. The van der Waals surface area contributed by atoms with Crippen LogP contribution >= 0.6 is 23.2 Å². The average Bonchev–Trinajstić information content (AvgIpc) is 3.17. The van der Waals surface area contributed by atoms with Crippen molar-refractivity contribution in [3.63, 3.8) is 0 Å². The predicted octanol–water partition coefficient (Wildman–Crippen LogP) is 10.8. The molecule has 0 radical (unpaired) electrons. The summed E-state index contributed by atoms with van der Waals surface area (Å²) in [6.45, 7) is 13.2. The van der Waals surface area contributed by atoms with E-state index in [2.05, 4.69) is 107 Å². The second-order valence-corrected chi connectivity index (χ2v) is 13.2. The first kappa shape index (κ1) is 28.5. The van der Waals surface area contributed by atoms with Gasteiger partial charge in [-0.1, -0.05) is 101 Å². The third kappa shape index (κ3) is 4.33. The molecule has 4 aromatic rings. The van der Waals surface area contributed by atoms with Crippen LogP contribution in [0.1, 0.15) is 102 Å². The van der Waals surface area contributed by atoms with Crippen LogP contribution in [-0.4, -0.2) is 11.6 Å². The van der Waals surface area contributed by atoms with Gasteiger partial charge in [-0.25, -0.2) is 0 Å². The van der Waals surface area contributed by atoms with Gasteiger partial charge in [0.05, 0.1) is 27.0 Å². The largest absolute Gasteiger partial charge is 0.310 e. The molecule has 3 nitrogen and oxygen atoms in total. The SMILES string of the molecule is CC(C)c1cc(N2c3ccccc3C(C)(C)c3ccccc32)c(C(C)C)cc1C=C1C(=O)c2cc(Cl)c(Cl)cc2C1=O. The highest BCUT2D eigenvalue weighted by Gasteiger charge is 2.38. The van der Waals surface area contributed by atoms with Crippen LogP contribution in [-0.2, 0) is 5.41 Å². The quantitative estimate of drug-likeness (QED) is 0.174. The Bertz CT molecular complexity index is 1740. The Morgan fingerprint density at radius 2 is 1.14 bits per heavy atom. The van der Waals surface area contributed by atoms with Gasteiger partial charge in [-0.15, -0.1) is 0 Å². The van der Waals surface area contributed by atoms with E-state index < -0.39 is 0 Å². The van der Waals surface area contributed by atoms with Crippen LogP contribution in [0, 0.1) is 0 Å². The number of carbonyl (C=O) groups is 2. The molecule has 0 N–H and O–H groups in total. The summed E-state index contributed by atoms with van der Waals surface area (Å²) in [5.74, 6) is -0.321. The van der Waals surface area contributed by atoms with E-state index in [1.165, 1.54) is 23.3 Å². The van der Waals surface area contributed by atoms with Gasteiger partial charge in [0, 0.05) is 22.2 Å². The van der Waals surface area contributed by atoms with Crippen molar-refractivity contribution < 1.29 is 9.59 Å². The number of carbonyl (C=O) groups excluding carboxylic acids is 2. The molecule has 0 saturated heterocycles. The number of para-hydroxylation sites is 2. The molecule has 0 aromatic heterocycles. The molecule has 4 aromatic carbocycles. The smallest absolute Gasteiger partial charge is 0.197 e. The van der Waals surface area contributed by atoms with Gasteiger partial charge in [0.25, 0.3) is 0 Å². The number of rotatable bonds is 4. The molecule has 1 aliphatic heterocycles. The average molecular weight is 595 g/mol. The van der Waals surface area contributed by atoms with Crippen LogP contribution in [0.4, 0.5) is 17.1 Å². The van der Waals surface area contributed by atoms with E-state index in [-0.39, 0.29) is 44.4 Å². The van der Waals surface area contributed by atoms with Gasteiger partial charge in [0.2, 0.25) is 0 Å². The second kappa shape index (κ2) is 10.3. The van der Waals surface area contributed by atoms with Crippen molar-refractivity contribution in [3.8, 4) is 0 Å². The summed E-state index contributed by atoms with van der Waals surface area (Å²) in [6, 6.07) is 24.7. The number of hydrogen-bond donors (Lipinski definition) is 0. The van der Waals surface area contributed by atoms with Crippen LogP contribution in [0.2, 0.25) is 10.0 Å². The molecule has 0 saturated carbocycles. The molecular weight excluding hydrogens is 561 g/mol. The number of anilines is 3. The van der Waals surface area contributed by atoms with Gasteiger partial charge in [-0.2, -0.15) is 0 Å². The summed E-state index contributed by atoms with van der Waals surface area (Å²) < 4.78 is 0. The Labute approximate surface area is 257 Å². The fraction of sp³-hybridized carbons (Fsp3) is 0.243. The van der Waals surface area contributed by atoms with Crippen molar-refractivity contribution in [1.29, 1.82) is 0 Å². The van der Waals surface area contributed by atoms with E-state index in [4.69, 9.17) is 23.2 Å². The highest BCUT2D eigenvalue weighted by atomic mass is 35.5. The van der Waals surface area contributed by atoms with E-state index >= 15 is 0 Å². The minimum atomic E-state index is -0.320. The minimum absolute atomic E-state index is 0.140. The van der Waals surface area contributed by atoms with Crippen molar-refractivity contribution >= 4 is 57.9 Å². The maximum absolute atomic E-state index is 13.4. The van der Waals surface area contributed by atoms with Gasteiger partial charge in [0.1, 0.15) is 0 Å². The van der Waals surface area contributed by atoms with Gasteiger partial charge < -0.3 is 4.90 Å². The lowest BCUT2D eigenvalue weighted by atomic mass is 9.73. The predicted molar refractivity (Wildman–Crippen MR) is 175 cm³/mol. The molecule has 0 bridgehead atoms. The topological polar surface area (TPSA) is 37.4 Å². The van der Waals surface area contributed by atoms with Crippen molar-refractivity contribution in [2.24, 2.45) is 0 Å². The summed E-state index contributed by atoms with van der Waals surface area (Å²) in [4.78, 5) is 29.2. The van der Waals surface area contributed by atoms with Crippen molar-refractivity contribution in [2.75, 3.05) is 4.90 Å². The van der Waals surface area contributed by atoms with Crippen LogP contribution in [0.15, 0.2) is 78.4 Å². The molecule has 212 valence electrons. The minimum Gasteiger partial charge on any atom is -0.310 e. The zero-order valence-corrected chi connectivity index (χ0v) is 26.2. The van der Waals surface area contributed by atoms with Crippen molar-refractivity contribution in [3.05, 3.63) is 127 Å². The molecular formula is C37H33Cl2NO2. The summed E-state index contributed by atoms with van der Waals surface area (Å²) in [5.41, 5.74) is 9.64. The van der Waals surface area contributed by atoms with E-state index in [1.807, 2.05) is 0 Å². The first-order valence-corrected chi connectivity index (χ1v) is 15.1. The first-order chi connectivity index (χ1) is 19.9. The number of halogens is 2. The summed E-state index contributed by atoms with van der Waals surface area (Å²) in [5, 5.41) is 0.523. The van der Waals surface area contributed by atoms with E-state index in [0.29, 0.717) is 11.1 Å². The summed E-state index contributed by atoms with van der Waals surface area (Å²) in [6.07, 6.45) is 1.76. The molecule has 1 heterocycles. The van der Waals surface area contributed by atoms with Crippen LogP contribution in [0.5, 0.6) is 0 Å². The Kier molecular flexibility index (Phi) is 6.95. The maximum Gasteiger partial charge on any atom is 0.197 e. The summed E-state index contributed by atoms with van der Waals surface area (Å²) >= 11 is 12.4. The Hall–Kier alpha value is -3.66. The van der Waals surface area contributed by atoms with Gasteiger partial charge in [-0.3, -0.25) is 9.59 Å². The maximum atomic E-state index is 13.4. The standard InChI is InChI=1S/C37H33Cl2NO2/c1-20(2)23-19-34(40-32-13-9-7-11-28(32)37(5,6)29-12-8-10-14-33(29)40)24(21(3)4)15-22(23)16-27-35(41)25-17-30(38)31(39)18-26(25)36(27)42/h7-21H,1-6H3. The molecule has 5 heteroatoms. The summed E-state index contributed by atoms with van der Waals surface area (Å²) in [7, 11) is 0. The zero-order valence-electron chi connectivity index (χ0n) is 24.7. The second-order valence-electron chi connectivity index (χ2n) is 12.4. The van der Waals surface area contributed by atoms with Gasteiger partial charge >= 0.3 is 0 Å². The van der Waals surface area contributed by atoms with Crippen LogP contribution in [0.25, 0.3) is 6.08 Å². The number of nitrogens with zero attached hydrogens (tertiary/aromatic N) is 1. The number of benzene rings is 4. The van der Waals surface area contributed by atoms with Crippen LogP contribution < -0.4 is 4.90 Å². The number of fused-ring (bicyclic) bond motifs is 3. The van der Waals surface area contributed by atoms with E-state index in [9.17, 15) is 9.59 Å². The molecule has 42 heavy (non-hydrogen) atoms. The van der Waals surface area contributed by atoms with Crippen molar-refractivity contribution in [1.82, 2.24) is 0 Å². The number of allylic oxidation sites excluding steroid dienone is 1. The van der Waals surface area contributed by atoms with Crippen LogP contribution in [0.3, 0.4) is 0 Å². The van der Waals surface area contributed by atoms with Gasteiger partial charge in [0.15, 0.2) is 11.6 Å². The van der Waals surface area contributed by atoms with Crippen molar-refractivity contribution in [2.45, 2.75) is 58.8 Å². The highest BCUT2D eigenvalue weighted by Crippen LogP contribution is 2.53. The Balaban J connectivity index is 1.58. The lowest BCUT2D eigenvalue weighted by Gasteiger charge is -2.43. The zero-order chi connectivity index (χ0) is 30.1. The lowest BCUT2D eigenvalue weighted by Crippen LogP contribution is -2.31. The normalized spacial score (nSPS) is 15.3.